The van der Waals surface area contributed by atoms with Gasteiger partial charge in [0.05, 0.1) is 16.5 Å². The van der Waals surface area contributed by atoms with Crippen molar-refractivity contribution in [1.29, 1.82) is 0 Å². The molecule has 0 aliphatic carbocycles. The number of H-pyrrole nitrogens is 1. The lowest BCUT2D eigenvalue weighted by atomic mass is 9.92. The van der Waals surface area contributed by atoms with Crippen molar-refractivity contribution < 1.29 is 32.6 Å². The number of para-hydroxylation sites is 1. The Labute approximate surface area is 190 Å². The minimum Gasteiger partial charge on any atom is -0.488 e. The van der Waals surface area contributed by atoms with Gasteiger partial charge in [0.2, 0.25) is 0 Å². The van der Waals surface area contributed by atoms with Gasteiger partial charge in [-0.15, -0.1) is 11.8 Å². The van der Waals surface area contributed by atoms with E-state index in [1.165, 1.54) is 0 Å². The van der Waals surface area contributed by atoms with E-state index < -0.39 is 12.1 Å². The molecule has 2 fully saturated rings. The van der Waals surface area contributed by atoms with Crippen LogP contribution in [0, 0.1) is 0 Å². The van der Waals surface area contributed by atoms with Crippen molar-refractivity contribution in [3.8, 4) is 5.75 Å². The molecule has 1 aromatic carbocycles. The van der Waals surface area contributed by atoms with Crippen LogP contribution in [-0.4, -0.2) is 67.7 Å². The number of rotatable bonds is 3. The van der Waals surface area contributed by atoms with Gasteiger partial charge in [-0.3, -0.25) is 9.78 Å². The zero-order valence-corrected chi connectivity index (χ0v) is 18.0. The molecule has 5 rings (SSSR count). The number of carbonyl (C=O) groups is 2. The number of nitrogens with zero attached hydrogens (tertiary/aromatic N) is 2. The largest absolute Gasteiger partial charge is 0.490 e. The maximum atomic E-state index is 12.9. The highest BCUT2D eigenvalue weighted by Crippen LogP contribution is 2.46. The number of amides is 1. The van der Waals surface area contributed by atoms with Gasteiger partial charge in [0.1, 0.15) is 11.9 Å². The van der Waals surface area contributed by atoms with E-state index in [4.69, 9.17) is 14.6 Å². The standard InChI is InChI=1S/C20H19N3O2S.C2HF3O2/c24-19(17-10-22-18-6-2-1-5-16(17)18)23-12-20(13-23)8-15(11-26-20)25-14-4-3-7-21-9-14;3-2(4,5)1(6)7/h1-7,9-10,15,22H,8,11-13H2;(H,6,7). The molecule has 2 aliphatic rings. The number of carboxylic acid groups (broad SMARTS) is 1. The Morgan fingerprint density at radius 3 is 2.61 bits per heavy atom. The Morgan fingerprint density at radius 1 is 1.21 bits per heavy atom. The summed E-state index contributed by atoms with van der Waals surface area (Å²) >= 11 is 1.93. The van der Waals surface area contributed by atoms with Crippen LogP contribution in [0.25, 0.3) is 10.9 Å². The lowest BCUT2D eigenvalue weighted by Crippen LogP contribution is -2.60. The van der Waals surface area contributed by atoms with Crippen molar-refractivity contribution >= 4 is 34.5 Å². The molecule has 0 bridgehead atoms. The van der Waals surface area contributed by atoms with E-state index in [1.54, 1.807) is 12.4 Å². The minimum atomic E-state index is -5.08. The first-order chi connectivity index (χ1) is 15.7. The van der Waals surface area contributed by atoms with E-state index in [0.717, 1.165) is 47.5 Å². The topological polar surface area (TPSA) is 95.5 Å². The normalized spacial score (nSPS) is 19.0. The fourth-order valence-electron chi connectivity index (χ4n) is 3.92. The van der Waals surface area contributed by atoms with Crippen LogP contribution < -0.4 is 4.74 Å². The molecular weight excluding hydrogens is 459 g/mol. The third-order valence-electron chi connectivity index (χ3n) is 5.42. The molecule has 1 unspecified atom stereocenters. The van der Waals surface area contributed by atoms with Gasteiger partial charge in [0, 0.05) is 48.6 Å². The smallest absolute Gasteiger partial charge is 0.488 e. The van der Waals surface area contributed by atoms with E-state index in [2.05, 4.69) is 9.97 Å². The van der Waals surface area contributed by atoms with Crippen LogP contribution in [0.4, 0.5) is 13.2 Å². The molecule has 0 saturated carbocycles. The highest BCUT2D eigenvalue weighted by molar-refractivity contribution is 8.01. The Kier molecular flexibility index (Phi) is 6.24. The Hall–Kier alpha value is -3.21. The number of aliphatic carboxylic acids is 1. The number of alkyl halides is 3. The van der Waals surface area contributed by atoms with Crippen molar-refractivity contribution in [3.05, 3.63) is 60.6 Å². The Balaban J connectivity index is 0.000000325. The number of pyridine rings is 1. The number of thioether (sulfide) groups is 1. The highest BCUT2D eigenvalue weighted by atomic mass is 32.2. The SMILES string of the molecule is O=C(O)C(F)(F)F.O=C(c1c[nH]c2ccccc12)N1CC2(CC(Oc3cccnc3)CS2)C1. The van der Waals surface area contributed by atoms with Gasteiger partial charge < -0.3 is 19.7 Å². The average Bonchev–Trinajstić information content (AvgIpc) is 3.37. The summed E-state index contributed by atoms with van der Waals surface area (Å²) in [7, 11) is 0. The Morgan fingerprint density at radius 2 is 1.94 bits per heavy atom. The summed E-state index contributed by atoms with van der Waals surface area (Å²) in [6, 6.07) is 11.8. The lowest BCUT2D eigenvalue weighted by molar-refractivity contribution is -0.192. The molecule has 33 heavy (non-hydrogen) atoms. The molecule has 1 amide bonds. The quantitative estimate of drug-likeness (QED) is 0.590. The van der Waals surface area contributed by atoms with E-state index in [9.17, 15) is 18.0 Å². The van der Waals surface area contributed by atoms with E-state index in [1.807, 2.05) is 59.3 Å². The van der Waals surface area contributed by atoms with Crippen molar-refractivity contribution in [3.63, 3.8) is 0 Å². The maximum absolute atomic E-state index is 12.9. The van der Waals surface area contributed by atoms with E-state index in [0.29, 0.717) is 0 Å². The number of halogens is 3. The van der Waals surface area contributed by atoms with E-state index >= 15 is 0 Å². The maximum Gasteiger partial charge on any atom is 0.490 e. The molecule has 2 aliphatic heterocycles. The molecule has 174 valence electrons. The van der Waals surface area contributed by atoms with Crippen molar-refractivity contribution in [2.75, 3.05) is 18.8 Å². The minimum absolute atomic E-state index is 0.116. The second-order valence-corrected chi connectivity index (χ2v) is 9.33. The van der Waals surface area contributed by atoms with Crippen LogP contribution in [0.5, 0.6) is 5.75 Å². The molecule has 7 nitrogen and oxygen atoms in total. The van der Waals surface area contributed by atoms with E-state index in [-0.39, 0.29) is 16.8 Å². The number of ether oxygens (including phenoxy) is 1. The first-order valence-electron chi connectivity index (χ1n) is 10.0. The number of nitrogens with one attached hydrogen (secondary N) is 1. The molecule has 11 heteroatoms. The second kappa shape index (κ2) is 8.97. The monoisotopic (exact) mass is 479 g/mol. The molecule has 1 atom stereocenters. The summed E-state index contributed by atoms with van der Waals surface area (Å²) in [5.74, 6) is -0.858. The second-order valence-electron chi connectivity index (χ2n) is 7.84. The molecule has 4 heterocycles. The number of benzene rings is 1. The fraction of sp³-hybridized carbons (Fsp3) is 0.318. The van der Waals surface area contributed by atoms with Crippen LogP contribution >= 0.6 is 11.8 Å². The first-order valence-corrected chi connectivity index (χ1v) is 11.0. The number of likely N-dealkylation sites (tertiary alicyclic amines) is 1. The number of carbonyl (C=O) groups excluding carboxylic acids is 1. The van der Waals surface area contributed by atoms with Crippen molar-refractivity contribution in [1.82, 2.24) is 14.9 Å². The zero-order valence-electron chi connectivity index (χ0n) is 17.2. The van der Waals surface area contributed by atoms with Gasteiger partial charge in [-0.25, -0.2) is 4.79 Å². The van der Waals surface area contributed by atoms with Crippen LogP contribution in [0.1, 0.15) is 16.8 Å². The highest BCUT2D eigenvalue weighted by Gasteiger charge is 2.51. The van der Waals surface area contributed by atoms with Gasteiger partial charge in [0.25, 0.3) is 5.91 Å². The van der Waals surface area contributed by atoms with Gasteiger partial charge >= 0.3 is 12.1 Å². The molecular formula is C22H20F3N3O4S. The molecule has 0 radical (unpaired) electrons. The Bertz CT molecular complexity index is 1150. The van der Waals surface area contributed by atoms with Gasteiger partial charge in [0.15, 0.2) is 0 Å². The number of carboxylic acids is 1. The van der Waals surface area contributed by atoms with Crippen LogP contribution in [0.2, 0.25) is 0 Å². The fourth-order valence-corrected chi connectivity index (χ4v) is 5.44. The summed E-state index contributed by atoms with van der Waals surface area (Å²) < 4.78 is 37.9. The summed E-state index contributed by atoms with van der Waals surface area (Å²) in [6.07, 6.45) is 1.41. The molecule has 3 aromatic rings. The predicted molar refractivity (Wildman–Crippen MR) is 116 cm³/mol. The molecule has 2 aromatic heterocycles. The molecule has 2 saturated heterocycles. The molecule has 2 N–H and O–H groups in total. The number of hydrogen-bond acceptors (Lipinski definition) is 5. The average molecular weight is 479 g/mol. The van der Waals surface area contributed by atoms with Gasteiger partial charge in [-0.2, -0.15) is 13.2 Å². The van der Waals surface area contributed by atoms with Gasteiger partial charge in [-0.05, 0) is 18.2 Å². The van der Waals surface area contributed by atoms with Crippen LogP contribution in [-0.2, 0) is 4.79 Å². The number of aromatic amines is 1. The summed E-state index contributed by atoms with van der Waals surface area (Å²) in [5.41, 5.74) is 1.77. The number of aromatic nitrogens is 2. The summed E-state index contributed by atoms with van der Waals surface area (Å²) in [6.45, 7) is 1.59. The first kappa shape index (κ1) is 23.0. The predicted octanol–water partition coefficient (Wildman–Crippen LogP) is 3.98. The third-order valence-corrected chi connectivity index (χ3v) is 7.00. The van der Waals surface area contributed by atoms with Crippen LogP contribution in [0.3, 0.4) is 0 Å². The third kappa shape index (κ3) is 5.08. The number of hydrogen-bond donors (Lipinski definition) is 2. The molecule has 1 spiro atoms. The van der Waals surface area contributed by atoms with Crippen molar-refractivity contribution in [2.24, 2.45) is 0 Å². The number of fused-ring (bicyclic) bond motifs is 1. The summed E-state index contributed by atoms with van der Waals surface area (Å²) in [4.78, 5) is 31.0. The zero-order chi connectivity index (χ0) is 23.6. The lowest BCUT2D eigenvalue weighted by Gasteiger charge is -2.47. The summed E-state index contributed by atoms with van der Waals surface area (Å²) in [5, 5.41) is 8.12. The van der Waals surface area contributed by atoms with Gasteiger partial charge in [-0.1, -0.05) is 18.2 Å². The van der Waals surface area contributed by atoms with Crippen LogP contribution in [0.15, 0.2) is 55.0 Å². The van der Waals surface area contributed by atoms with Crippen molar-refractivity contribution in [2.45, 2.75) is 23.4 Å².